The van der Waals surface area contributed by atoms with E-state index >= 15 is 0 Å². The number of carbonyl (C=O) groups is 1. The van der Waals surface area contributed by atoms with E-state index in [4.69, 9.17) is 4.74 Å². The van der Waals surface area contributed by atoms with Gasteiger partial charge in [-0.2, -0.15) is 0 Å². The molecule has 1 aliphatic rings. The van der Waals surface area contributed by atoms with E-state index in [2.05, 4.69) is 5.32 Å². The van der Waals surface area contributed by atoms with Crippen LogP contribution in [0.3, 0.4) is 0 Å². The molecule has 1 aromatic rings. The number of benzene rings is 1. The summed E-state index contributed by atoms with van der Waals surface area (Å²) in [6, 6.07) is 4.63. The van der Waals surface area contributed by atoms with Gasteiger partial charge >= 0.3 is 0 Å². The molecule has 2 rings (SSSR count). The van der Waals surface area contributed by atoms with Gasteiger partial charge in [0.1, 0.15) is 5.82 Å². The van der Waals surface area contributed by atoms with E-state index in [9.17, 15) is 9.18 Å². The van der Waals surface area contributed by atoms with Gasteiger partial charge in [-0.15, -0.1) is 0 Å². The molecular formula is C14H19FN2O2. The van der Waals surface area contributed by atoms with Crippen molar-refractivity contribution in [3.05, 3.63) is 35.1 Å². The first kappa shape index (κ1) is 14.0. The minimum atomic E-state index is -0.344. The van der Waals surface area contributed by atoms with Crippen LogP contribution >= 0.6 is 0 Å². The van der Waals surface area contributed by atoms with Crippen LogP contribution in [0.2, 0.25) is 0 Å². The number of amides is 1. The first-order valence-corrected chi connectivity index (χ1v) is 6.38. The number of carbonyl (C=O) groups excluding carboxylic acids is 1. The molecule has 1 amide bonds. The van der Waals surface area contributed by atoms with Gasteiger partial charge in [0.05, 0.1) is 6.61 Å². The standard InChI is InChI=1S/C14H19FN2O2/c1-17(12-5-6-16-8-12)14(18)10-3-4-13(15)11(7-10)9-19-2/h3-4,7,12,16H,5-6,8-9H2,1-2H3/t12-/m0/s1. The SMILES string of the molecule is COCc1cc(C(=O)N(C)[C@H]2CCNC2)ccc1F. The maximum absolute atomic E-state index is 13.5. The van der Waals surface area contributed by atoms with Crippen LogP contribution in [-0.4, -0.2) is 44.1 Å². The van der Waals surface area contributed by atoms with Crippen LogP contribution in [0.15, 0.2) is 18.2 Å². The van der Waals surface area contributed by atoms with Gasteiger partial charge in [-0.1, -0.05) is 0 Å². The van der Waals surface area contributed by atoms with Gasteiger partial charge in [0, 0.05) is 37.9 Å². The molecule has 0 unspecified atom stereocenters. The lowest BCUT2D eigenvalue weighted by Crippen LogP contribution is -2.38. The Kier molecular flexibility index (Phi) is 4.50. The zero-order valence-electron chi connectivity index (χ0n) is 11.3. The predicted octanol–water partition coefficient (Wildman–Crippen LogP) is 1.41. The number of nitrogens with one attached hydrogen (secondary N) is 1. The number of hydrogen-bond donors (Lipinski definition) is 1. The van der Waals surface area contributed by atoms with Crippen molar-refractivity contribution in [2.75, 3.05) is 27.2 Å². The zero-order valence-corrected chi connectivity index (χ0v) is 11.3. The first-order valence-electron chi connectivity index (χ1n) is 6.38. The fraction of sp³-hybridized carbons (Fsp3) is 0.500. The molecule has 1 N–H and O–H groups in total. The summed E-state index contributed by atoms with van der Waals surface area (Å²) in [6.07, 6.45) is 0.953. The highest BCUT2D eigenvalue weighted by molar-refractivity contribution is 5.94. The molecule has 1 heterocycles. The van der Waals surface area contributed by atoms with Crippen molar-refractivity contribution in [1.29, 1.82) is 0 Å². The summed E-state index contributed by atoms with van der Waals surface area (Å²) in [5, 5.41) is 3.23. The highest BCUT2D eigenvalue weighted by atomic mass is 19.1. The molecule has 0 bridgehead atoms. The average Bonchev–Trinajstić information content (AvgIpc) is 2.94. The molecule has 1 aromatic carbocycles. The molecule has 0 spiro atoms. The van der Waals surface area contributed by atoms with Gasteiger partial charge in [0.2, 0.25) is 0 Å². The van der Waals surface area contributed by atoms with Crippen LogP contribution in [0.25, 0.3) is 0 Å². The smallest absolute Gasteiger partial charge is 0.253 e. The van der Waals surface area contributed by atoms with Crippen molar-refractivity contribution in [2.24, 2.45) is 0 Å². The van der Waals surface area contributed by atoms with E-state index in [1.54, 1.807) is 18.0 Å². The Morgan fingerprint density at radius 2 is 2.37 bits per heavy atom. The number of ether oxygens (including phenoxy) is 1. The van der Waals surface area contributed by atoms with Crippen LogP contribution in [0.4, 0.5) is 4.39 Å². The summed E-state index contributed by atoms with van der Waals surface area (Å²) in [5.74, 6) is -0.422. The molecule has 104 valence electrons. The van der Waals surface area contributed by atoms with E-state index in [0.29, 0.717) is 11.1 Å². The Labute approximate surface area is 112 Å². The lowest BCUT2D eigenvalue weighted by atomic mass is 10.1. The van der Waals surface area contributed by atoms with E-state index in [-0.39, 0.29) is 24.4 Å². The van der Waals surface area contributed by atoms with Crippen molar-refractivity contribution < 1.29 is 13.9 Å². The molecular weight excluding hydrogens is 247 g/mol. The normalized spacial score (nSPS) is 18.6. The van der Waals surface area contributed by atoms with Crippen LogP contribution in [0, 0.1) is 5.82 Å². The van der Waals surface area contributed by atoms with Crippen LogP contribution in [0.5, 0.6) is 0 Å². The molecule has 1 aliphatic heterocycles. The van der Waals surface area contributed by atoms with E-state index in [0.717, 1.165) is 19.5 Å². The summed E-state index contributed by atoms with van der Waals surface area (Å²) in [4.78, 5) is 14.1. The van der Waals surface area contributed by atoms with E-state index in [1.807, 2.05) is 0 Å². The Balaban J connectivity index is 2.16. The van der Waals surface area contributed by atoms with E-state index in [1.165, 1.54) is 19.2 Å². The lowest BCUT2D eigenvalue weighted by Gasteiger charge is -2.24. The summed E-state index contributed by atoms with van der Waals surface area (Å²) >= 11 is 0. The molecule has 0 aliphatic carbocycles. The number of methoxy groups -OCH3 is 1. The summed E-state index contributed by atoms with van der Waals surface area (Å²) < 4.78 is 18.4. The van der Waals surface area contributed by atoms with Gasteiger partial charge in [0.15, 0.2) is 0 Å². The Morgan fingerprint density at radius 1 is 1.58 bits per heavy atom. The minimum Gasteiger partial charge on any atom is -0.380 e. The van der Waals surface area contributed by atoms with Crippen LogP contribution in [0.1, 0.15) is 22.3 Å². The number of rotatable bonds is 4. The molecule has 1 saturated heterocycles. The monoisotopic (exact) mass is 266 g/mol. The molecule has 5 heteroatoms. The number of hydrogen-bond acceptors (Lipinski definition) is 3. The predicted molar refractivity (Wildman–Crippen MR) is 70.5 cm³/mol. The van der Waals surface area contributed by atoms with Gasteiger partial charge < -0.3 is 15.0 Å². The second-order valence-corrected chi connectivity index (χ2v) is 4.80. The largest absolute Gasteiger partial charge is 0.380 e. The summed E-state index contributed by atoms with van der Waals surface area (Å²) in [7, 11) is 3.30. The quantitative estimate of drug-likeness (QED) is 0.896. The average molecular weight is 266 g/mol. The third-order valence-corrected chi connectivity index (χ3v) is 3.49. The van der Waals surface area contributed by atoms with Gasteiger partial charge in [-0.25, -0.2) is 4.39 Å². The minimum absolute atomic E-state index is 0.0777. The zero-order chi connectivity index (χ0) is 13.8. The van der Waals surface area contributed by atoms with Crippen LogP contribution < -0.4 is 5.32 Å². The molecule has 4 nitrogen and oxygen atoms in total. The van der Waals surface area contributed by atoms with Gasteiger partial charge in [0.25, 0.3) is 5.91 Å². The molecule has 0 aromatic heterocycles. The topological polar surface area (TPSA) is 41.6 Å². The molecule has 0 saturated carbocycles. The summed E-state index contributed by atoms with van der Waals surface area (Å²) in [6.45, 7) is 1.91. The second-order valence-electron chi connectivity index (χ2n) is 4.80. The van der Waals surface area contributed by atoms with Crippen LogP contribution in [-0.2, 0) is 11.3 Å². The Morgan fingerprint density at radius 3 is 3.00 bits per heavy atom. The van der Waals surface area contributed by atoms with Crippen molar-refractivity contribution in [2.45, 2.75) is 19.1 Å². The third-order valence-electron chi connectivity index (χ3n) is 3.49. The third kappa shape index (κ3) is 3.11. The fourth-order valence-corrected chi connectivity index (χ4v) is 2.31. The Hall–Kier alpha value is -1.46. The first-order chi connectivity index (χ1) is 9.13. The van der Waals surface area contributed by atoms with Crippen molar-refractivity contribution in [3.63, 3.8) is 0 Å². The van der Waals surface area contributed by atoms with Crippen molar-refractivity contribution in [1.82, 2.24) is 10.2 Å². The van der Waals surface area contributed by atoms with Crippen molar-refractivity contribution >= 4 is 5.91 Å². The number of nitrogens with zero attached hydrogens (tertiary/aromatic N) is 1. The Bertz CT molecular complexity index is 459. The van der Waals surface area contributed by atoms with Gasteiger partial charge in [-0.05, 0) is 31.2 Å². The second kappa shape index (κ2) is 6.12. The van der Waals surface area contributed by atoms with E-state index < -0.39 is 0 Å². The molecule has 1 atom stereocenters. The molecule has 1 fully saturated rings. The maximum atomic E-state index is 13.5. The number of halogens is 1. The number of likely N-dealkylation sites (N-methyl/N-ethyl adjacent to an activating group) is 1. The summed E-state index contributed by atoms with van der Waals surface area (Å²) in [5.41, 5.74) is 0.911. The highest BCUT2D eigenvalue weighted by Gasteiger charge is 2.24. The lowest BCUT2D eigenvalue weighted by molar-refractivity contribution is 0.0743. The molecule has 19 heavy (non-hydrogen) atoms. The van der Waals surface area contributed by atoms with Crippen molar-refractivity contribution in [3.8, 4) is 0 Å². The highest BCUT2D eigenvalue weighted by Crippen LogP contribution is 2.15. The molecule has 0 radical (unpaired) electrons. The fourth-order valence-electron chi connectivity index (χ4n) is 2.31. The maximum Gasteiger partial charge on any atom is 0.253 e. The van der Waals surface area contributed by atoms with Gasteiger partial charge in [-0.3, -0.25) is 4.79 Å².